The third-order valence-electron chi connectivity index (χ3n) is 5.00. The van der Waals surface area contributed by atoms with Gasteiger partial charge in [-0.05, 0) is 55.1 Å². The molecule has 0 spiro atoms. The van der Waals surface area contributed by atoms with Crippen molar-refractivity contribution in [3.63, 3.8) is 0 Å². The maximum Gasteiger partial charge on any atom is 0.220 e. The van der Waals surface area contributed by atoms with E-state index < -0.39 is 9.84 Å². The molecule has 0 aromatic heterocycles. The van der Waals surface area contributed by atoms with E-state index in [0.29, 0.717) is 12.3 Å². The summed E-state index contributed by atoms with van der Waals surface area (Å²) in [7, 11) is -3.31. The van der Waals surface area contributed by atoms with Crippen molar-refractivity contribution in [2.45, 2.75) is 30.2 Å². The highest BCUT2D eigenvalue weighted by Crippen LogP contribution is 2.25. The topological polar surface area (TPSA) is 75.3 Å². The first-order valence-corrected chi connectivity index (χ1v) is 11.2. The second-order valence-electron chi connectivity index (χ2n) is 7.15. The normalized spacial score (nSPS) is 17.5. The standard InChI is InChI=1S/C21H26N2O3S.ClH/c1-27(25,26)19-9-5-8-18(14-19)21(17-6-3-2-4-7-17)23-20(24)11-10-16-12-13-22-15-16;/h2-9,14,16,21-22H,10-13,15H2,1H3,(H,23,24);1H. The van der Waals surface area contributed by atoms with Crippen molar-refractivity contribution in [1.82, 2.24) is 10.6 Å². The van der Waals surface area contributed by atoms with E-state index in [1.165, 1.54) is 6.26 Å². The first kappa shape index (κ1) is 22.4. The third kappa shape index (κ3) is 6.06. The van der Waals surface area contributed by atoms with Crippen LogP contribution >= 0.6 is 12.4 Å². The predicted octanol–water partition coefficient (Wildman–Crippen LogP) is 3.11. The number of nitrogens with one attached hydrogen (secondary N) is 2. The number of halogens is 1. The molecule has 152 valence electrons. The van der Waals surface area contributed by atoms with Crippen LogP contribution in [0.5, 0.6) is 0 Å². The van der Waals surface area contributed by atoms with E-state index >= 15 is 0 Å². The summed E-state index contributed by atoms with van der Waals surface area (Å²) in [6, 6.07) is 16.1. The van der Waals surface area contributed by atoms with E-state index in [0.717, 1.165) is 37.1 Å². The number of carbonyl (C=O) groups excluding carboxylic acids is 1. The van der Waals surface area contributed by atoms with Gasteiger partial charge in [0.15, 0.2) is 9.84 Å². The Morgan fingerprint density at radius 3 is 2.50 bits per heavy atom. The maximum atomic E-state index is 12.6. The van der Waals surface area contributed by atoms with E-state index in [9.17, 15) is 13.2 Å². The fourth-order valence-electron chi connectivity index (χ4n) is 3.46. The van der Waals surface area contributed by atoms with E-state index in [-0.39, 0.29) is 29.3 Å². The van der Waals surface area contributed by atoms with Crippen LogP contribution in [0, 0.1) is 5.92 Å². The van der Waals surface area contributed by atoms with Gasteiger partial charge in [-0.2, -0.15) is 0 Å². The summed E-state index contributed by atoms with van der Waals surface area (Å²) in [6.45, 7) is 2.00. The summed E-state index contributed by atoms with van der Waals surface area (Å²) in [5, 5.41) is 6.42. The van der Waals surface area contributed by atoms with Gasteiger partial charge in [0.25, 0.3) is 0 Å². The van der Waals surface area contributed by atoms with Crippen LogP contribution in [0.4, 0.5) is 0 Å². The molecule has 2 aromatic carbocycles. The predicted molar refractivity (Wildman–Crippen MR) is 113 cm³/mol. The Morgan fingerprint density at radius 2 is 1.86 bits per heavy atom. The van der Waals surface area contributed by atoms with Gasteiger partial charge in [0.2, 0.25) is 5.91 Å². The van der Waals surface area contributed by atoms with Crippen LogP contribution in [0.15, 0.2) is 59.5 Å². The molecule has 2 aromatic rings. The molecule has 28 heavy (non-hydrogen) atoms. The molecule has 1 fully saturated rings. The second-order valence-corrected chi connectivity index (χ2v) is 9.17. The first-order chi connectivity index (χ1) is 12.9. The lowest BCUT2D eigenvalue weighted by atomic mass is 9.97. The molecule has 7 heteroatoms. The fraction of sp³-hybridized carbons (Fsp3) is 0.381. The summed E-state index contributed by atoms with van der Waals surface area (Å²) in [5.74, 6) is 0.542. The molecule has 0 radical (unpaired) electrons. The minimum Gasteiger partial charge on any atom is -0.345 e. The molecular weight excluding hydrogens is 396 g/mol. The first-order valence-electron chi connectivity index (χ1n) is 9.28. The summed E-state index contributed by atoms with van der Waals surface area (Å²) in [6.07, 6.45) is 3.65. The molecule has 2 unspecified atom stereocenters. The van der Waals surface area contributed by atoms with E-state index in [2.05, 4.69) is 10.6 Å². The highest BCUT2D eigenvalue weighted by molar-refractivity contribution is 7.90. The van der Waals surface area contributed by atoms with Crippen molar-refractivity contribution in [1.29, 1.82) is 0 Å². The minimum absolute atomic E-state index is 0. The molecule has 1 heterocycles. The van der Waals surface area contributed by atoms with Gasteiger partial charge in [-0.1, -0.05) is 42.5 Å². The van der Waals surface area contributed by atoms with Gasteiger partial charge < -0.3 is 10.6 Å². The summed E-state index contributed by atoms with van der Waals surface area (Å²) in [5.41, 5.74) is 1.69. The molecule has 3 rings (SSSR count). The van der Waals surface area contributed by atoms with Crippen molar-refractivity contribution < 1.29 is 13.2 Å². The maximum absolute atomic E-state index is 12.6. The lowest BCUT2D eigenvalue weighted by Gasteiger charge is -2.21. The average Bonchev–Trinajstić information content (AvgIpc) is 3.18. The summed E-state index contributed by atoms with van der Waals surface area (Å²) in [4.78, 5) is 12.8. The van der Waals surface area contributed by atoms with Crippen molar-refractivity contribution in [2.75, 3.05) is 19.3 Å². The van der Waals surface area contributed by atoms with Crippen molar-refractivity contribution in [3.8, 4) is 0 Å². The van der Waals surface area contributed by atoms with Crippen LogP contribution in [-0.2, 0) is 14.6 Å². The van der Waals surface area contributed by atoms with Crippen LogP contribution in [0.3, 0.4) is 0 Å². The van der Waals surface area contributed by atoms with Crippen LogP contribution < -0.4 is 10.6 Å². The van der Waals surface area contributed by atoms with Gasteiger partial charge in [0.05, 0.1) is 10.9 Å². The van der Waals surface area contributed by atoms with Crippen molar-refractivity contribution in [3.05, 3.63) is 65.7 Å². The minimum atomic E-state index is -3.31. The monoisotopic (exact) mass is 422 g/mol. The molecule has 0 aliphatic carbocycles. The average molecular weight is 423 g/mol. The highest BCUT2D eigenvalue weighted by atomic mass is 35.5. The lowest BCUT2D eigenvalue weighted by Crippen LogP contribution is -2.29. The Balaban J connectivity index is 0.00000280. The highest BCUT2D eigenvalue weighted by Gasteiger charge is 2.20. The zero-order valence-corrected chi connectivity index (χ0v) is 17.6. The molecule has 0 saturated carbocycles. The number of amides is 1. The fourth-order valence-corrected chi connectivity index (χ4v) is 4.13. The molecular formula is C21H27ClN2O3S. The van der Waals surface area contributed by atoms with Crippen LogP contribution in [-0.4, -0.2) is 33.7 Å². The van der Waals surface area contributed by atoms with Crippen LogP contribution in [0.25, 0.3) is 0 Å². The molecule has 1 aliphatic heterocycles. The van der Waals surface area contributed by atoms with Gasteiger partial charge in [-0.15, -0.1) is 12.4 Å². The van der Waals surface area contributed by atoms with E-state index in [1.54, 1.807) is 18.2 Å². The SMILES string of the molecule is CS(=O)(=O)c1cccc(C(NC(=O)CCC2CCNC2)c2ccccc2)c1.Cl. The molecule has 1 saturated heterocycles. The van der Waals surface area contributed by atoms with E-state index in [1.807, 2.05) is 36.4 Å². The summed E-state index contributed by atoms with van der Waals surface area (Å²) < 4.78 is 23.8. The van der Waals surface area contributed by atoms with Crippen LogP contribution in [0.2, 0.25) is 0 Å². The molecule has 2 N–H and O–H groups in total. The lowest BCUT2D eigenvalue weighted by molar-refractivity contribution is -0.121. The Hall–Kier alpha value is -1.89. The molecule has 5 nitrogen and oxygen atoms in total. The molecule has 1 aliphatic rings. The van der Waals surface area contributed by atoms with Crippen LogP contribution in [0.1, 0.15) is 36.4 Å². The Kier molecular flexibility index (Phi) is 8.04. The number of rotatable bonds is 7. The Morgan fingerprint density at radius 1 is 1.14 bits per heavy atom. The van der Waals surface area contributed by atoms with Gasteiger partial charge in [-0.3, -0.25) is 4.79 Å². The quantitative estimate of drug-likeness (QED) is 0.718. The zero-order valence-electron chi connectivity index (χ0n) is 15.9. The number of hydrogen-bond donors (Lipinski definition) is 2. The summed E-state index contributed by atoms with van der Waals surface area (Å²) >= 11 is 0. The number of sulfone groups is 1. The third-order valence-corrected chi connectivity index (χ3v) is 6.11. The smallest absolute Gasteiger partial charge is 0.220 e. The Bertz CT molecular complexity index is 882. The zero-order chi connectivity index (χ0) is 19.3. The molecule has 2 atom stereocenters. The Labute approximate surface area is 173 Å². The molecule has 1 amide bonds. The molecule has 0 bridgehead atoms. The second kappa shape index (κ2) is 10.0. The number of benzene rings is 2. The number of carbonyl (C=O) groups is 1. The van der Waals surface area contributed by atoms with Gasteiger partial charge in [0.1, 0.15) is 0 Å². The number of hydrogen-bond acceptors (Lipinski definition) is 4. The van der Waals surface area contributed by atoms with Crippen molar-refractivity contribution >= 4 is 28.2 Å². The van der Waals surface area contributed by atoms with Gasteiger partial charge >= 0.3 is 0 Å². The largest absolute Gasteiger partial charge is 0.345 e. The van der Waals surface area contributed by atoms with E-state index in [4.69, 9.17) is 0 Å². The van der Waals surface area contributed by atoms with Gasteiger partial charge in [-0.25, -0.2) is 8.42 Å². The van der Waals surface area contributed by atoms with Crippen molar-refractivity contribution in [2.24, 2.45) is 5.92 Å². The van der Waals surface area contributed by atoms with Gasteiger partial charge in [0, 0.05) is 12.7 Å².